The van der Waals surface area contributed by atoms with Gasteiger partial charge in [0.2, 0.25) is 0 Å². The van der Waals surface area contributed by atoms with E-state index in [1.807, 2.05) is 6.07 Å². The van der Waals surface area contributed by atoms with E-state index in [1.165, 1.54) is 6.07 Å². The van der Waals surface area contributed by atoms with Crippen LogP contribution in [0.1, 0.15) is 25.8 Å². The summed E-state index contributed by atoms with van der Waals surface area (Å²) in [4.78, 5) is 0.246. The van der Waals surface area contributed by atoms with Crippen LogP contribution in [0.4, 0.5) is 0 Å². The number of benzene rings is 1. The summed E-state index contributed by atoms with van der Waals surface area (Å²) in [5.74, 6) is 2.37. The van der Waals surface area contributed by atoms with Crippen molar-refractivity contribution in [2.75, 3.05) is 17.3 Å². The predicted octanol–water partition coefficient (Wildman–Crippen LogP) is 3.11. The number of nitriles is 1. The van der Waals surface area contributed by atoms with E-state index in [9.17, 15) is 8.42 Å². The molecule has 0 fully saturated rings. The van der Waals surface area contributed by atoms with E-state index >= 15 is 0 Å². The summed E-state index contributed by atoms with van der Waals surface area (Å²) in [5, 5.41) is 8.78. The van der Waals surface area contributed by atoms with Crippen LogP contribution in [0.5, 0.6) is 0 Å². The molecule has 1 rings (SSSR count). The second-order valence-electron chi connectivity index (χ2n) is 4.75. The van der Waals surface area contributed by atoms with Gasteiger partial charge in [0.1, 0.15) is 0 Å². The first-order chi connectivity index (χ1) is 8.95. The van der Waals surface area contributed by atoms with E-state index in [-0.39, 0.29) is 10.6 Å². The van der Waals surface area contributed by atoms with Gasteiger partial charge in [-0.15, -0.1) is 0 Å². The molecule has 0 aliphatic carbocycles. The molecule has 0 unspecified atom stereocenters. The summed E-state index contributed by atoms with van der Waals surface area (Å²) in [7, 11) is -3.27. The van der Waals surface area contributed by atoms with Crippen LogP contribution in [0.15, 0.2) is 29.2 Å². The van der Waals surface area contributed by atoms with Gasteiger partial charge in [-0.3, -0.25) is 0 Å². The number of hydrogen-bond donors (Lipinski definition) is 0. The Bertz CT molecular complexity index is 545. The predicted molar refractivity (Wildman–Crippen MR) is 80.0 cm³/mol. The molecule has 1 aromatic carbocycles. The molecule has 3 nitrogen and oxygen atoms in total. The van der Waals surface area contributed by atoms with Gasteiger partial charge in [0.05, 0.1) is 22.3 Å². The van der Waals surface area contributed by atoms with Gasteiger partial charge in [-0.1, -0.05) is 19.9 Å². The minimum absolute atomic E-state index is 0.130. The lowest BCUT2D eigenvalue weighted by molar-refractivity contribution is 0.597. The normalized spacial score (nSPS) is 11.5. The van der Waals surface area contributed by atoms with Gasteiger partial charge in [-0.05, 0) is 36.3 Å². The summed E-state index contributed by atoms with van der Waals surface area (Å²) in [6.07, 6.45) is 1.11. The molecule has 0 amide bonds. The van der Waals surface area contributed by atoms with Crippen molar-refractivity contribution in [3.8, 4) is 6.07 Å². The largest absolute Gasteiger partial charge is 0.224 e. The zero-order valence-corrected chi connectivity index (χ0v) is 12.9. The Labute approximate surface area is 119 Å². The average molecular weight is 297 g/mol. The van der Waals surface area contributed by atoms with Crippen LogP contribution < -0.4 is 0 Å². The molecule has 0 saturated heterocycles. The van der Waals surface area contributed by atoms with Gasteiger partial charge in [0.25, 0.3) is 0 Å². The van der Waals surface area contributed by atoms with Crippen LogP contribution in [0, 0.1) is 17.2 Å². The molecule has 5 heteroatoms. The van der Waals surface area contributed by atoms with Crippen LogP contribution in [-0.4, -0.2) is 25.7 Å². The smallest absolute Gasteiger partial charge is 0.179 e. The lowest BCUT2D eigenvalue weighted by Crippen LogP contribution is -2.09. The Morgan fingerprint density at radius 3 is 2.68 bits per heavy atom. The molecular weight excluding hydrogens is 278 g/mol. The molecule has 0 aromatic heterocycles. The van der Waals surface area contributed by atoms with Crippen molar-refractivity contribution in [1.29, 1.82) is 5.26 Å². The monoisotopic (exact) mass is 297 g/mol. The first-order valence-electron chi connectivity index (χ1n) is 6.26. The lowest BCUT2D eigenvalue weighted by Gasteiger charge is -2.06. The van der Waals surface area contributed by atoms with Crippen molar-refractivity contribution < 1.29 is 8.42 Å². The fourth-order valence-electron chi connectivity index (χ4n) is 1.47. The maximum Gasteiger partial charge on any atom is 0.179 e. The number of rotatable bonds is 7. The Kier molecular flexibility index (Phi) is 6.40. The molecule has 0 N–H and O–H groups in total. The maximum atomic E-state index is 12.1. The highest BCUT2D eigenvalue weighted by Crippen LogP contribution is 2.15. The van der Waals surface area contributed by atoms with Crippen molar-refractivity contribution >= 4 is 21.6 Å². The molecule has 0 heterocycles. The van der Waals surface area contributed by atoms with Gasteiger partial charge < -0.3 is 0 Å². The summed E-state index contributed by atoms with van der Waals surface area (Å²) in [6, 6.07) is 8.16. The third-order valence-corrected chi connectivity index (χ3v) is 5.65. The second kappa shape index (κ2) is 7.56. The van der Waals surface area contributed by atoms with Crippen LogP contribution in [0.2, 0.25) is 0 Å². The number of hydrogen-bond acceptors (Lipinski definition) is 4. The lowest BCUT2D eigenvalue weighted by atomic mass is 10.2. The summed E-state index contributed by atoms with van der Waals surface area (Å²) in [5.41, 5.74) is 0.383. The number of nitrogens with zero attached hydrogens (tertiary/aromatic N) is 1. The highest BCUT2D eigenvalue weighted by molar-refractivity contribution is 8.00. The van der Waals surface area contributed by atoms with E-state index in [0.29, 0.717) is 17.2 Å². The van der Waals surface area contributed by atoms with E-state index in [4.69, 9.17) is 5.26 Å². The zero-order chi connectivity index (χ0) is 14.3. The van der Waals surface area contributed by atoms with Crippen molar-refractivity contribution in [2.45, 2.75) is 25.2 Å². The Hall–Kier alpha value is -0.990. The summed E-state index contributed by atoms with van der Waals surface area (Å²) in [6.45, 7) is 4.31. The molecule has 0 radical (unpaired) electrons. The van der Waals surface area contributed by atoms with Crippen molar-refractivity contribution in [2.24, 2.45) is 5.92 Å². The average Bonchev–Trinajstić information content (AvgIpc) is 2.38. The van der Waals surface area contributed by atoms with E-state index in [0.717, 1.165) is 12.2 Å². The van der Waals surface area contributed by atoms with Crippen molar-refractivity contribution in [3.05, 3.63) is 29.8 Å². The fourth-order valence-corrected chi connectivity index (χ4v) is 4.49. The zero-order valence-electron chi connectivity index (χ0n) is 11.3. The van der Waals surface area contributed by atoms with E-state index in [2.05, 4.69) is 13.8 Å². The van der Waals surface area contributed by atoms with E-state index < -0.39 is 9.84 Å². The second-order valence-corrected chi connectivity index (χ2v) is 8.09. The van der Waals surface area contributed by atoms with Crippen LogP contribution in [-0.2, 0) is 9.84 Å². The molecular formula is C14H19NO2S2. The first-order valence-corrected chi connectivity index (χ1v) is 9.07. The van der Waals surface area contributed by atoms with Gasteiger partial charge in [-0.25, -0.2) is 8.42 Å². The molecule has 0 bridgehead atoms. The SMILES string of the molecule is CC(C)CCSCCS(=O)(=O)c1cccc(C#N)c1. The molecule has 0 aliphatic rings. The van der Waals surface area contributed by atoms with Gasteiger partial charge in [0, 0.05) is 5.75 Å². The topological polar surface area (TPSA) is 57.9 Å². The molecule has 0 saturated carbocycles. The fraction of sp³-hybridized carbons (Fsp3) is 0.500. The molecule has 0 spiro atoms. The van der Waals surface area contributed by atoms with Crippen molar-refractivity contribution in [1.82, 2.24) is 0 Å². The Morgan fingerprint density at radius 2 is 2.05 bits per heavy atom. The van der Waals surface area contributed by atoms with Gasteiger partial charge in [0.15, 0.2) is 9.84 Å². The molecule has 104 valence electrons. The minimum Gasteiger partial charge on any atom is -0.224 e. The molecule has 19 heavy (non-hydrogen) atoms. The van der Waals surface area contributed by atoms with Crippen molar-refractivity contribution in [3.63, 3.8) is 0 Å². The quantitative estimate of drug-likeness (QED) is 0.726. The van der Waals surface area contributed by atoms with Gasteiger partial charge in [-0.2, -0.15) is 17.0 Å². The highest BCUT2D eigenvalue weighted by Gasteiger charge is 2.14. The standard InChI is InChI=1S/C14H19NO2S2/c1-12(2)6-7-18-8-9-19(16,17)14-5-3-4-13(10-14)11-15/h3-5,10,12H,6-9H2,1-2H3. The Morgan fingerprint density at radius 1 is 1.32 bits per heavy atom. The number of thioether (sulfide) groups is 1. The van der Waals surface area contributed by atoms with E-state index in [1.54, 1.807) is 30.0 Å². The summed E-state index contributed by atoms with van der Waals surface area (Å²) >= 11 is 1.67. The van der Waals surface area contributed by atoms with Gasteiger partial charge >= 0.3 is 0 Å². The minimum atomic E-state index is -3.27. The maximum absolute atomic E-state index is 12.1. The number of sulfone groups is 1. The Balaban J connectivity index is 2.54. The molecule has 0 atom stereocenters. The first kappa shape index (κ1) is 16.1. The van der Waals surface area contributed by atoms with Crippen LogP contribution in [0.25, 0.3) is 0 Å². The molecule has 1 aromatic rings. The summed E-state index contributed by atoms with van der Waals surface area (Å²) < 4.78 is 24.1. The van der Waals surface area contributed by atoms with Crippen LogP contribution in [0.3, 0.4) is 0 Å². The molecule has 0 aliphatic heterocycles. The third-order valence-electron chi connectivity index (χ3n) is 2.66. The van der Waals surface area contributed by atoms with Crippen LogP contribution >= 0.6 is 11.8 Å². The highest BCUT2D eigenvalue weighted by atomic mass is 32.2. The third kappa shape index (κ3) is 5.66.